The summed E-state index contributed by atoms with van der Waals surface area (Å²) in [6.45, 7) is 1.12. The van der Waals surface area contributed by atoms with Crippen molar-refractivity contribution in [3.63, 3.8) is 0 Å². The second kappa shape index (κ2) is 10.6. The second-order valence-electron chi connectivity index (χ2n) is 7.19. The number of halogens is 10. The highest BCUT2D eigenvalue weighted by Crippen LogP contribution is 2.42. The monoisotopic (exact) mass is 564 g/mol. The summed E-state index contributed by atoms with van der Waals surface area (Å²) in [5.41, 5.74) is 0.815. The summed E-state index contributed by atoms with van der Waals surface area (Å²) >= 11 is 17.2. The van der Waals surface area contributed by atoms with Gasteiger partial charge >= 0.3 is 12.4 Å². The number of nitrogens with one attached hydrogen (secondary N) is 1. The molecular weight excluding hydrogens is 552 g/mol. The third-order valence-corrected chi connectivity index (χ3v) is 5.85. The van der Waals surface area contributed by atoms with E-state index in [1.807, 2.05) is 5.32 Å². The fourth-order valence-electron chi connectivity index (χ4n) is 2.85. The molecule has 0 aliphatic rings. The van der Waals surface area contributed by atoms with Crippen LogP contribution in [-0.2, 0) is 11.0 Å². The van der Waals surface area contributed by atoms with Crippen LogP contribution in [0.2, 0.25) is 15.1 Å². The van der Waals surface area contributed by atoms with Crippen LogP contribution < -0.4 is 11.1 Å². The lowest BCUT2D eigenvalue weighted by Crippen LogP contribution is -2.42. The van der Waals surface area contributed by atoms with Crippen molar-refractivity contribution in [3.05, 3.63) is 73.7 Å². The smallest absolute Gasteiger partial charge is 0.368 e. The van der Waals surface area contributed by atoms with Crippen LogP contribution >= 0.6 is 34.8 Å². The van der Waals surface area contributed by atoms with Gasteiger partial charge in [0.05, 0.1) is 26.2 Å². The first-order chi connectivity index (χ1) is 15.9. The number of alkyl halides is 6. The number of amides is 2. The van der Waals surface area contributed by atoms with Crippen LogP contribution in [0, 0.1) is 0 Å². The van der Waals surface area contributed by atoms with Gasteiger partial charge in [0.2, 0.25) is 5.91 Å². The number of hydrogen-bond donors (Lipinski definition) is 2. The van der Waals surface area contributed by atoms with Gasteiger partial charge in [0, 0.05) is 5.56 Å². The van der Waals surface area contributed by atoms with E-state index in [0.29, 0.717) is 12.1 Å². The molecule has 2 rings (SSSR count). The molecule has 0 aliphatic heterocycles. The van der Waals surface area contributed by atoms with E-state index in [1.54, 1.807) is 0 Å². The van der Waals surface area contributed by atoms with Crippen molar-refractivity contribution < 1.29 is 40.3 Å². The third-order valence-electron chi connectivity index (χ3n) is 4.65. The molecule has 190 valence electrons. The number of carbonyl (C=O) groups excluding carboxylic acids is 2. The van der Waals surface area contributed by atoms with Crippen LogP contribution in [0.4, 0.5) is 30.7 Å². The van der Waals surface area contributed by atoms with Gasteiger partial charge in [-0.25, -0.2) is 4.39 Å². The van der Waals surface area contributed by atoms with Crippen molar-refractivity contribution in [1.29, 1.82) is 0 Å². The lowest BCUT2D eigenvalue weighted by atomic mass is 9.95. The Morgan fingerprint density at radius 3 is 2.00 bits per heavy atom. The van der Waals surface area contributed by atoms with E-state index in [-0.39, 0.29) is 27.2 Å². The van der Waals surface area contributed by atoms with Crippen molar-refractivity contribution in [1.82, 2.24) is 5.32 Å². The van der Waals surface area contributed by atoms with Gasteiger partial charge in [-0.15, -0.1) is 0 Å². The summed E-state index contributed by atoms with van der Waals surface area (Å²) in [5.74, 6) is -6.70. The van der Waals surface area contributed by atoms with Gasteiger partial charge in [-0.3, -0.25) is 9.59 Å². The molecule has 2 atom stereocenters. The van der Waals surface area contributed by atoms with Gasteiger partial charge in [-0.05, 0) is 42.8 Å². The summed E-state index contributed by atoms with van der Waals surface area (Å²) in [7, 11) is 0. The number of allylic oxidation sites excluding steroid dienone is 1. The Hall–Kier alpha value is -2.50. The van der Waals surface area contributed by atoms with E-state index in [0.717, 1.165) is 19.1 Å². The number of primary amides is 1. The topological polar surface area (TPSA) is 72.2 Å². The Bertz CT molecular complexity index is 1160. The van der Waals surface area contributed by atoms with E-state index >= 15 is 0 Å². The second-order valence-corrected chi connectivity index (χ2v) is 8.38. The summed E-state index contributed by atoms with van der Waals surface area (Å²) in [5, 5.41) is 1.00. The molecule has 2 aromatic rings. The highest BCUT2D eigenvalue weighted by atomic mass is 35.5. The molecule has 0 heterocycles. The minimum absolute atomic E-state index is 0.0420. The number of benzene rings is 2. The molecule has 0 aromatic heterocycles. The predicted molar refractivity (Wildman–Crippen MR) is 117 cm³/mol. The van der Waals surface area contributed by atoms with Crippen LogP contribution in [-0.4, -0.2) is 24.0 Å². The highest BCUT2D eigenvalue weighted by Gasteiger charge is 2.41. The van der Waals surface area contributed by atoms with E-state index in [4.69, 9.17) is 40.5 Å². The predicted octanol–water partition coefficient (Wildman–Crippen LogP) is 6.93. The Kier molecular flexibility index (Phi) is 8.73. The van der Waals surface area contributed by atoms with Gasteiger partial charge in [0.1, 0.15) is 17.8 Å². The molecule has 0 bridgehead atoms. The Balaban J connectivity index is 2.58. The van der Waals surface area contributed by atoms with Gasteiger partial charge in [0.25, 0.3) is 5.91 Å². The normalized spacial score (nSPS) is 14.4. The molecule has 4 nitrogen and oxygen atoms in total. The summed E-state index contributed by atoms with van der Waals surface area (Å²) < 4.78 is 96.5. The van der Waals surface area contributed by atoms with Gasteiger partial charge < -0.3 is 11.1 Å². The van der Waals surface area contributed by atoms with Crippen molar-refractivity contribution in [3.8, 4) is 0 Å². The zero-order valence-corrected chi connectivity index (χ0v) is 19.6. The highest BCUT2D eigenvalue weighted by molar-refractivity contribution is 6.48. The van der Waals surface area contributed by atoms with Crippen molar-refractivity contribution in [2.75, 3.05) is 0 Å². The maximum Gasteiger partial charge on any atom is 0.417 e. The minimum Gasteiger partial charge on any atom is -0.368 e. The van der Waals surface area contributed by atoms with Crippen LogP contribution in [0.5, 0.6) is 0 Å². The quantitative estimate of drug-likeness (QED) is 0.295. The largest absolute Gasteiger partial charge is 0.417 e. The van der Waals surface area contributed by atoms with Crippen LogP contribution in [0.3, 0.4) is 0 Å². The zero-order chi connectivity index (χ0) is 26.9. The van der Waals surface area contributed by atoms with Gasteiger partial charge in [-0.2, -0.15) is 26.3 Å². The average Bonchev–Trinajstić information content (AvgIpc) is 2.73. The Labute approximate surface area is 208 Å². The minimum atomic E-state index is -5.19. The maximum absolute atomic E-state index is 14.8. The van der Waals surface area contributed by atoms with Crippen LogP contribution in [0.25, 0.3) is 5.83 Å². The molecule has 0 spiro atoms. The maximum atomic E-state index is 14.8. The van der Waals surface area contributed by atoms with Gasteiger partial charge in [0.15, 0.2) is 0 Å². The molecule has 0 radical (unpaired) electrons. The molecule has 14 heteroatoms. The Morgan fingerprint density at radius 1 is 1.00 bits per heavy atom. The molecule has 0 aliphatic carbocycles. The number of hydrogen-bond acceptors (Lipinski definition) is 2. The SMILES string of the molecule is C[C@@H](NC(=O)c1ccc(/C(F)=C/C(c2cc(Cl)c(Cl)c(Cl)c2)C(F)(F)F)cc1C(F)(F)F)C(N)=O. The first-order valence-corrected chi connectivity index (χ1v) is 10.5. The van der Waals surface area contributed by atoms with E-state index in [1.165, 1.54) is 0 Å². The number of carbonyl (C=O) groups is 2. The van der Waals surface area contributed by atoms with Crippen LogP contribution in [0.1, 0.15) is 39.9 Å². The summed E-state index contributed by atoms with van der Waals surface area (Å²) in [6, 6.07) is 1.68. The molecule has 2 amide bonds. The van der Waals surface area contributed by atoms with Crippen molar-refractivity contribution >= 4 is 52.4 Å². The lowest BCUT2D eigenvalue weighted by molar-refractivity contribution is -0.140. The fraction of sp³-hybridized carbons (Fsp3) is 0.238. The molecule has 0 fully saturated rings. The summed E-state index contributed by atoms with van der Waals surface area (Å²) in [6.07, 6.45) is -10.2. The molecular formula is C21H14Cl3F7N2O2. The Morgan fingerprint density at radius 2 is 1.54 bits per heavy atom. The standard InChI is InChI=1S/C21H14Cl3F7N2O2/c1-8(18(32)34)33-19(35)11-3-2-9(4-13(11)21(29,30)31)16(25)7-12(20(26,27)28)10-5-14(22)17(24)15(23)6-10/h2-8,12H,1H3,(H2,32,34)(H,33,35)/b16-7-/t8-,12?/m1/s1. The molecule has 2 aromatic carbocycles. The molecule has 3 N–H and O–H groups in total. The third kappa shape index (κ3) is 7.02. The number of rotatable bonds is 6. The molecule has 0 saturated carbocycles. The first-order valence-electron chi connectivity index (χ1n) is 9.33. The summed E-state index contributed by atoms with van der Waals surface area (Å²) in [4.78, 5) is 23.2. The molecule has 0 saturated heterocycles. The molecule has 35 heavy (non-hydrogen) atoms. The van der Waals surface area contributed by atoms with Gasteiger partial charge in [-0.1, -0.05) is 40.9 Å². The first kappa shape index (κ1) is 28.7. The van der Waals surface area contributed by atoms with Crippen LogP contribution in [0.15, 0.2) is 36.4 Å². The van der Waals surface area contributed by atoms with Crippen molar-refractivity contribution in [2.24, 2.45) is 5.73 Å². The lowest BCUT2D eigenvalue weighted by Gasteiger charge is -2.19. The fourth-order valence-corrected chi connectivity index (χ4v) is 3.46. The van der Waals surface area contributed by atoms with E-state index in [2.05, 4.69) is 0 Å². The van der Waals surface area contributed by atoms with Crippen molar-refractivity contribution in [2.45, 2.75) is 31.2 Å². The molecule has 1 unspecified atom stereocenters. The van der Waals surface area contributed by atoms with E-state index < -0.39 is 64.2 Å². The zero-order valence-electron chi connectivity index (χ0n) is 17.3. The van der Waals surface area contributed by atoms with E-state index in [9.17, 15) is 40.3 Å². The average molecular weight is 566 g/mol. The number of nitrogens with two attached hydrogens (primary N) is 1.